The Labute approximate surface area is 147 Å². The van der Waals surface area contributed by atoms with Crippen molar-refractivity contribution >= 4 is 10.0 Å². The van der Waals surface area contributed by atoms with Gasteiger partial charge in [0.2, 0.25) is 10.0 Å². The summed E-state index contributed by atoms with van der Waals surface area (Å²) < 4.78 is 66.1. The van der Waals surface area contributed by atoms with Crippen LogP contribution in [0.5, 0.6) is 0 Å². The zero-order valence-corrected chi connectivity index (χ0v) is 14.0. The highest BCUT2D eigenvalue weighted by Crippen LogP contribution is 2.18. The molecule has 0 saturated carbocycles. The van der Waals surface area contributed by atoms with Gasteiger partial charge in [0, 0.05) is 11.6 Å². The van der Waals surface area contributed by atoms with Gasteiger partial charge in [0.25, 0.3) is 0 Å². The first kappa shape index (κ1) is 18.0. The van der Waals surface area contributed by atoms with E-state index in [2.05, 4.69) is 14.7 Å². The summed E-state index contributed by atoms with van der Waals surface area (Å²) in [4.78, 5) is 7.34. The number of aromatic nitrogens is 2. The lowest BCUT2D eigenvalue weighted by atomic mass is 10.1. The number of hydrogen-bond acceptors (Lipinski definition) is 4. The Kier molecular flexibility index (Phi) is 5.01. The molecule has 9 heteroatoms. The van der Waals surface area contributed by atoms with Crippen LogP contribution in [0.3, 0.4) is 0 Å². The maximum Gasteiger partial charge on any atom is 0.243 e. The summed E-state index contributed by atoms with van der Waals surface area (Å²) in [6.07, 6.45) is 1.24. The lowest BCUT2D eigenvalue weighted by Crippen LogP contribution is -2.24. The van der Waals surface area contributed by atoms with Gasteiger partial charge in [-0.3, -0.25) is 0 Å². The first-order chi connectivity index (χ1) is 12.3. The van der Waals surface area contributed by atoms with E-state index in [-0.39, 0.29) is 6.54 Å². The molecule has 134 valence electrons. The smallest absolute Gasteiger partial charge is 0.240 e. The van der Waals surface area contributed by atoms with Crippen LogP contribution in [0.4, 0.5) is 13.2 Å². The minimum Gasteiger partial charge on any atom is -0.240 e. The first-order valence-electron chi connectivity index (χ1n) is 7.37. The summed E-state index contributed by atoms with van der Waals surface area (Å²) in [6.45, 7) is -0.226. The Balaban J connectivity index is 1.79. The number of nitrogens with one attached hydrogen (secondary N) is 1. The molecule has 1 heterocycles. The van der Waals surface area contributed by atoms with Crippen molar-refractivity contribution in [2.24, 2.45) is 0 Å². The third kappa shape index (κ3) is 4.06. The summed E-state index contributed by atoms with van der Waals surface area (Å²) in [6, 6.07) is 9.32. The van der Waals surface area contributed by atoms with Crippen molar-refractivity contribution in [2.75, 3.05) is 0 Å². The van der Waals surface area contributed by atoms with Crippen LogP contribution in [-0.4, -0.2) is 18.4 Å². The van der Waals surface area contributed by atoms with Gasteiger partial charge in [-0.25, -0.2) is 36.3 Å². The molecule has 26 heavy (non-hydrogen) atoms. The fourth-order valence-corrected chi connectivity index (χ4v) is 3.27. The highest BCUT2D eigenvalue weighted by molar-refractivity contribution is 7.89. The molecule has 0 fully saturated rings. The van der Waals surface area contributed by atoms with Crippen molar-refractivity contribution in [3.05, 3.63) is 78.0 Å². The second-order valence-corrected chi connectivity index (χ2v) is 7.04. The quantitative estimate of drug-likeness (QED) is 0.740. The number of benzene rings is 2. The third-order valence-electron chi connectivity index (χ3n) is 3.49. The minimum atomic E-state index is -4.19. The average Bonchev–Trinajstić information content (AvgIpc) is 2.61. The van der Waals surface area contributed by atoms with E-state index in [1.807, 2.05) is 0 Å². The van der Waals surface area contributed by atoms with E-state index in [9.17, 15) is 21.6 Å². The van der Waals surface area contributed by atoms with Crippen LogP contribution in [0.15, 0.2) is 59.8 Å². The molecule has 3 aromatic rings. The van der Waals surface area contributed by atoms with Gasteiger partial charge >= 0.3 is 0 Å². The Hall–Kier alpha value is -2.78. The SMILES string of the molecule is O=S(=O)(NCc1cc(-c2ccc(F)cc2)ncn1)c1ccc(F)cc1F. The van der Waals surface area contributed by atoms with Gasteiger partial charge < -0.3 is 0 Å². The van der Waals surface area contributed by atoms with Crippen molar-refractivity contribution < 1.29 is 21.6 Å². The molecule has 5 nitrogen and oxygen atoms in total. The van der Waals surface area contributed by atoms with Crippen LogP contribution in [0.1, 0.15) is 5.69 Å². The number of halogens is 3. The monoisotopic (exact) mass is 379 g/mol. The van der Waals surface area contributed by atoms with Crippen LogP contribution >= 0.6 is 0 Å². The normalized spacial score (nSPS) is 11.5. The molecular formula is C17H12F3N3O2S. The fraction of sp³-hybridized carbons (Fsp3) is 0.0588. The molecule has 0 spiro atoms. The number of sulfonamides is 1. The lowest BCUT2D eigenvalue weighted by Gasteiger charge is -2.08. The summed E-state index contributed by atoms with van der Waals surface area (Å²) in [7, 11) is -4.19. The first-order valence-corrected chi connectivity index (χ1v) is 8.85. The van der Waals surface area contributed by atoms with Gasteiger partial charge in [-0.2, -0.15) is 0 Å². The molecule has 0 amide bonds. The van der Waals surface area contributed by atoms with Crippen LogP contribution in [-0.2, 0) is 16.6 Å². The van der Waals surface area contributed by atoms with E-state index in [0.29, 0.717) is 23.0 Å². The van der Waals surface area contributed by atoms with Gasteiger partial charge in [-0.05, 0) is 42.5 Å². The molecule has 1 aromatic heterocycles. The summed E-state index contributed by atoms with van der Waals surface area (Å²) in [5.74, 6) is -2.45. The standard InChI is InChI=1S/C17H12F3N3O2S/c18-12-3-1-11(2-4-12)16-8-14(21-10-22-16)9-23-26(24,25)17-6-5-13(19)7-15(17)20/h1-8,10,23H,9H2. The summed E-state index contributed by atoms with van der Waals surface area (Å²) in [5, 5.41) is 0. The van der Waals surface area contributed by atoms with E-state index in [4.69, 9.17) is 0 Å². The highest BCUT2D eigenvalue weighted by atomic mass is 32.2. The summed E-state index contributed by atoms with van der Waals surface area (Å²) >= 11 is 0. The topological polar surface area (TPSA) is 72.0 Å². The van der Waals surface area contributed by atoms with E-state index in [1.54, 1.807) is 0 Å². The number of nitrogens with zero attached hydrogens (tertiary/aromatic N) is 2. The molecule has 0 radical (unpaired) electrons. The largest absolute Gasteiger partial charge is 0.243 e. The second kappa shape index (κ2) is 7.22. The third-order valence-corrected chi connectivity index (χ3v) is 4.92. The molecule has 0 aliphatic heterocycles. The molecule has 0 saturated heterocycles. The minimum absolute atomic E-state index is 0.226. The molecule has 0 bridgehead atoms. The number of hydrogen-bond donors (Lipinski definition) is 1. The van der Waals surface area contributed by atoms with Gasteiger partial charge in [-0.1, -0.05) is 0 Å². The van der Waals surface area contributed by atoms with Crippen molar-refractivity contribution in [1.29, 1.82) is 0 Å². The van der Waals surface area contributed by atoms with Crippen LogP contribution in [0.25, 0.3) is 11.3 Å². The Morgan fingerprint density at radius 3 is 2.27 bits per heavy atom. The zero-order chi connectivity index (χ0) is 18.7. The van der Waals surface area contributed by atoms with E-state index < -0.39 is 32.4 Å². The molecular weight excluding hydrogens is 367 g/mol. The van der Waals surface area contributed by atoms with Crippen molar-refractivity contribution in [3.8, 4) is 11.3 Å². The van der Waals surface area contributed by atoms with Gasteiger partial charge in [0.05, 0.1) is 17.9 Å². The van der Waals surface area contributed by atoms with E-state index >= 15 is 0 Å². The van der Waals surface area contributed by atoms with Crippen LogP contribution in [0, 0.1) is 17.5 Å². The molecule has 0 aliphatic rings. The molecule has 2 aromatic carbocycles. The maximum absolute atomic E-state index is 13.7. The molecule has 1 N–H and O–H groups in total. The maximum atomic E-state index is 13.7. The van der Waals surface area contributed by atoms with Crippen LogP contribution in [0.2, 0.25) is 0 Å². The Morgan fingerprint density at radius 1 is 0.885 bits per heavy atom. The van der Waals surface area contributed by atoms with Crippen molar-refractivity contribution in [1.82, 2.24) is 14.7 Å². The van der Waals surface area contributed by atoms with Crippen molar-refractivity contribution in [3.63, 3.8) is 0 Å². The van der Waals surface area contributed by atoms with Crippen molar-refractivity contribution in [2.45, 2.75) is 11.4 Å². The zero-order valence-electron chi connectivity index (χ0n) is 13.2. The lowest BCUT2D eigenvalue weighted by molar-refractivity contribution is 0.542. The Morgan fingerprint density at radius 2 is 1.58 bits per heavy atom. The predicted octanol–water partition coefficient (Wildman–Crippen LogP) is 3.04. The fourth-order valence-electron chi connectivity index (χ4n) is 2.21. The molecule has 0 unspecified atom stereocenters. The van der Waals surface area contributed by atoms with Gasteiger partial charge in [0.15, 0.2) is 0 Å². The molecule has 0 aliphatic carbocycles. The van der Waals surface area contributed by atoms with Gasteiger partial charge in [-0.15, -0.1) is 0 Å². The van der Waals surface area contributed by atoms with E-state index in [1.165, 1.54) is 36.7 Å². The highest BCUT2D eigenvalue weighted by Gasteiger charge is 2.19. The van der Waals surface area contributed by atoms with Gasteiger partial charge in [0.1, 0.15) is 28.7 Å². The molecule has 3 rings (SSSR count). The molecule has 0 atom stereocenters. The predicted molar refractivity (Wildman–Crippen MR) is 87.8 cm³/mol. The average molecular weight is 379 g/mol. The second-order valence-electron chi connectivity index (χ2n) is 5.30. The Bertz CT molecular complexity index is 1040. The van der Waals surface area contributed by atoms with E-state index in [0.717, 1.165) is 12.1 Å². The number of rotatable bonds is 5. The summed E-state index contributed by atoms with van der Waals surface area (Å²) in [5.41, 5.74) is 1.43. The van der Waals surface area contributed by atoms with Crippen LogP contribution < -0.4 is 4.72 Å².